The van der Waals surface area contributed by atoms with Crippen LogP contribution in [-0.2, 0) is 4.74 Å². The fraction of sp³-hybridized carbons (Fsp3) is 0.294. The lowest BCUT2D eigenvalue weighted by atomic mass is 10.0. The normalized spacial score (nSPS) is 17.8. The van der Waals surface area contributed by atoms with Crippen molar-refractivity contribution in [3.63, 3.8) is 0 Å². The van der Waals surface area contributed by atoms with Crippen molar-refractivity contribution in [1.82, 2.24) is 14.9 Å². The number of methoxy groups -OCH3 is 1. The monoisotopic (exact) mass is 308 g/mol. The molecule has 0 saturated heterocycles. The van der Waals surface area contributed by atoms with Crippen LogP contribution in [0.5, 0.6) is 5.75 Å². The van der Waals surface area contributed by atoms with Gasteiger partial charge in [-0.25, -0.2) is 4.98 Å². The van der Waals surface area contributed by atoms with Crippen LogP contribution in [0, 0.1) is 11.3 Å². The van der Waals surface area contributed by atoms with Crippen molar-refractivity contribution in [3.8, 4) is 11.8 Å². The van der Waals surface area contributed by atoms with Crippen LogP contribution in [0.15, 0.2) is 37.1 Å². The molecule has 1 N–H and O–H groups in total. The van der Waals surface area contributed by atoms with Crippen LogP contribution in [0.2, 0.25) is 0 Å². The van der Waals surface area contributed by atoms with Gasteiger partial charge in [0.25, 0.3) is 0 Å². The lowest BCUT2D eigenvalue weighted by Crippen LogP contribution is -2.18. The van der Waals surface area contributed by atoms with Crippen LogP contribution in [0.4, 0.5) is 0 Å². The molecule has 0 amide bonds. The van der Waals surface area contributed by atoms with E-state index in [1.165, 1.54) is 0 Å². The Labute approximate surface area is 133 Å². The molecule has 6 nitrogen and oxygen atoms in total. The van der Waals surface area contributed by atoms with E-state index in [2.05, 4.69) is 11.1 Å². The first kappa shape index (κ1) is 13.7. The van der Waals surface area contributed by atoms with Crippen molar-refractivity contribution in [2.45, 2.75) is 24.8 Å². The van der Waals surface area contributed by atoms with Crippen LogP contribution in [-0.4, -0.2) is 22.0 Å². The number of nitrogens with one attached hydrogen (secondary N) is 1. The Morgan fingerprint density at radius 1 is 1.39 bits per heavy atom. The standard InChI is InChI=1S/C17H16N4O2/c1-22-14-5-4-12(13(10-18)21-6-8-23-9-7-21)15-16(14)20-17(19-15)11-2-3-11/h4-9,11,13H,2-3H2,1H3,(H,19,20). The van der Waals surface area contributed by atoms with Gasteiger partial charge in [-0.15, -0.1) is 0 Å². The lowest BCUT2D eigenvalue weighted by Gasteiger charge is -2.23. The van der Waals surface area contributed by atoms with Crippen LogP contribution in [0.25, 0.3) is 11.0 Å². The largest absolute Gasteiger partial charge is 0.494 e. The molecular weight excluding hydrogens is 292 g/mol. The first-order valence-corrected chi connectivity index (χ1v) is 7.54. The van der Waals surface area contributed by atoms with Crippen LogP contribution >= 0.6 is 0 Å². The summed E-state index contributed by atoms with van der Waals surface area (Å²) in [5.41, 5.74) is 2.50. The molecule has 1 fully saturated rings. The fourth-order valence-corrected chi connectivity index (χ4v) is 2.82. The van der Waals surface area contributed by atoms with Gasteiger partial charge in [-0.1, -0.05) is 0 Å². The molecule has 0 radical (unpaired) electrons. The quantitative estimate of drug-likeness (QED) is 0.938. The first-order valence-electron chi connectivity index (χ1n) is 7.54. The van der Waals surface area contributed by atoms with Crippen molar-refractivity contribution in [1.29, 1.82) is 5.26 Å². The number of aromatic amines is 1. The van der Waals surface area contributed by atoms with Gasteiger partial charge in [0.1, 0.15) is 35.7 Å². The van der Waals surface area contributed by atoms with Crippen LogP contribution in [0.1, 0.15) is 36.2 Å². The summed E-state index contributed by atoms with van der Waals surface area (Å²) in [6.45, 7) is 0. The molecule has 1 atom stereocenters. The minimum absolute atomic E-state index is 0.477. The molecule has 2 aliphatic rings. The summed E-state index contributed by atoms with van der Waals surface area (Å²) in [6, 6.07) is 5.65. The number of hydrogen-bond donors (Lipinski definition) is 1. The number of rotatable bonds is 4. The highest BCUT2D eigenvalue weighted by atomic mass is 16.5. The molecule has 1 unspecified atom stereocenters. The Morgan fingerprint density at radius 2 is 2.17 bits per heavy atom. The number of fused-ring (bicyclic) bond motifs is 1. The molecule has 116 valence electrons. The molecule has 1 aliphatic carbocycles. The Kier molecular flexibility index (Phi) is 3.19. The Bertz CT molecular complexity index is 830. The number of imidazole rings is 1. The lowest BCUT2D eigenvalue weighted by molar-refractivity contribution is 0.328. The fourth-order valence-electron chi connectivity index (χ4n) is 2.82. The molecule has 0 bridgehead atoms. The van der Waals surface area contributed by atoms with Gasteiger partial charge in [0.2, 0.25) is 0 Å². The van der Waals surface area contributed by atoms with Gasteiger partial charge in [-0.3, -0.25) is 0 Å². The van der Waals surface area contributed by atoms with E-state index in [1.807, 2.05) is 12.1 Å². The van der Waals surface area contributed by atoms with E-state index in [4.69, 9.17) is 14.5 Å². The van der Waals surface area contributed by atoms with Gasteiger partial charge in [0.05, 0.1) is 18.7 Å². The van der Waals surface area contributed by atoms with E-state index in [0.29, 0.717) is 5.92 Å². The van der Waals surface area contributed by atoms with Crippen molar-refractivity contribution in [2.75, 3.05) is 7.11 Å². The van der Waals surface area contributed by atoms with E-state index >= 15 is 0 Å². The van der Waals surface area contributed by atoms with Crippen LogP contribution < -0.4 is 4.74 Å². The maximum absolute atomic E-state index is 9.68. The van der Waals surface area contributed by atoms with Gasteiger partial charge in [-0.2, -0.15) is 5.26 Å². The third-order valence-electron chi connectivity index (χ3n) is 4.18. The molecule has 6 heteroatoms. The maximum Gasteiger partial charge on any atom is 0.148 e. The highest BCUT2D eigenvalue weighted by molar-refractivity contribution is 5.86. The zero-order valence-corrected chi connectivity index (χ0v) is 12.7. The van der Waals surface area contributed by atoms with Crippen molar-refractivity contribution < 1.29 is 9.47 Å². The second-order valence-corrected chi connectivity index (χ2v) is 5.66. The van der Waals surface area contributed by atoms with Gasteiger partial charge in [0.15, 0.2) is 0 Å². The Hall–Kier alpha value is -2.94. The summed E-state index contributed by atoms with van der Waals surface area (Å²) in [6.07, 6.45) is 8.88. The molecule has 1 aromatic heterocycles. The smallest absolute Gasteiger partial charge is 0.148 e. The van der Waals surface area contributed by atoms with E-state index in [9.17, 15) is 5.26 Å². The summed E-state index contributed by atoms with van der Waals surface area (Å²) in [5, 5.41) is 9.68. The molecule has 2 heterocycles. The molecule has 4 rings (SSSR count). The Morgan fingerprint density at radius 3 is 2.83 bits per heavy atom. The predicted molar refractivity (Wildman–Crippen MR) is 84.2 cm³/mol. The van der Waals surface area contributed by atoms with Gasteiger partial charge >= 0.3 is 0 Å². The molecule has 2 aromatic rings. The molecule has 23 heavy (non-hydrogen) atoms. The topological polar surface area (TPSA) is 74.2 Å². The number of benzene rings is 1. The van der Waals surface area contributed by atoms with E-state index in [0.717, 1.165) is 41.0 Å². The first-order chi connectivity index (χ1) is 11.3. The number of aromatic nitrogens is 2. The van der Waals surface area contributed by atoms with Crippen molar-refractivity contribution in [2.24, 2.45) is 0 Å². The third-order valence-corrected chi connectivity index (χ3v) is 4.18. The molecule has 1 saturated carbocycles. The highest BCUT2D eigenvalue weighted by Gasteiger charge is 2.29. The number of hydrogen-bond acceptors (Lipinski definition) is 5. The van der Waals surface area contributed by atoms with E-state index in [1.54, 1.807) is 36.9 Å². The number of nitrogens with zero attached hydrogens (tertiary/aromatic N) is 3. The molecule has 0 spiro atoms. The van der Waals surface area contributed by atoms with E-state index in [-0.39, 0.29) is 0 Å². The van der Waals surface area contributed by atoms with E-state index < -0.39 is 6.04 Å². The predicted octanol–water partition coefficient (Wildman–Crippen LogP) is 3.29. The minimum Gasteiger partial charge on any atom is -0.494 e. The van der Waals surface area contributed by atoms with Gasteiger partial charge < -0.3 is 19.4 Å². The molecular formula is C17H16N4O2. The van der Waals surface area contributed by atoms with Crippen molar-refractivity contribution in [3.05, 3.63) is 48.4 Å². The SMILES string of the molecule is COc1ccc(C(C#N)N2C=COC=C2)c2nc(C3CC3)[nH]c12. The average molecular weight is 308 g/mol. The summed E-state index contributed by atoms with van der Waals surface area (Å²) in [4.78, 5) is 9.93. The van der Waals surface area contributed by atoms with Crippen LogP contribution in [0.3, 0.4) is 0 Å². The molecule has 1 aliphatic heterocycles. The second-order valence-electron chi connectivity index (χ2n) is 5.66. The zero-order chi connectivity index (χ0) is 15.8. The summed E-state index contributed by atoms with van der Waals surface area (Å²) >= 11 is 0. The zero-order valence-electron chi connectivity index (χ0n) is 12.7. The summed E-state index contributed by atoms with van der Waals surface area (Å²) < 4.78 is 10.5. The van der Waals surface area contributed by atoms with Gasteiger partial charge in [-0.05, 0) is 25.0 Å². The summed E-state index contributed by atoms with van der Waals surface area (Å²) in [5.74, 6) is 2.23. The van der Waals surface area contributed by atoms with Gasteiger partial charge in [0, 0.05) is 23.9 Å². The molecule has 1 aromatic carbocycles. The number of H-pyrrole nitrogens is 1. The third kappa shape index (κ3) is 2.30. The average Bonchev–Trinajstić information content (AvgIpc) is 3.35. The maximum atomic E-state index is 9.68. The Balaban J connectivity index is 1.85. The minimum atomic E-state index is -0.477. The summed E-state index contributed by atoms with van der Waals surface area (Å²) in [7, 11) is 1.64. The van der Waals surface area contributed by atoms with Crippen molar-refractivity contribution >= 4 is 11.0 Å². The highest BCUT2D eigenvalue weighted by Crippen LogP contribution is 2.41. The second kappa shape index (κ2) is 5.36. The number of nitriles is 1. The number of ether oxygens (including phenoxy) is 2.